The molecular weight excluding hydrogens is 282 g/mol. The normalized spacial score (nSPS) is 29.6. The molecule has 2 aliphatic rings. The molecule has 1 aromatic heterocycles. The Bertz CT molecular complexity index is 464. The molecule has 3 unspecified atom stereocenters. The lowest BCUT2D eigenvalue weighted by Crippen LogP contribution is -2.49. The van der Waals surface area contributed by atoms with E-state index < -0.39 is 0 Å². The summed E-state index contributed by atoms with van der Waals surface area (Å²) in [5, 5.41) is 8.81. The number of piperidine rings is 1. The van der Waals surface area contributed by atoms with E-state index in [-0.39, 0.29) is 11.9 Å². The molecule has 0 saturated carbocycles. The number of likely N-dealkylation sites (N-methyl/N-ethyl adjacent to an activating group) is 1. The van der Waals surface area contributed by atoms with Crippen molar-refractivity contribution < 1.29 is 4.79 Å². The van der Waals surface area contributed by atoms with Crippen LogP contribution in [-0.4, -0.2) is 42.5 Å². The highest BCUT2D eigenvalue weighted by Crippen LogP contribution is 2.29. The van der Waals surface area contributed by atoms with E-state index in [1.807, 2.05) is 6.07 Å². The molecule has 1 aromatic rings. The van der Waals surface area contributed by atoms with E-state index in [0.29, 0.717) is 24.7 Å². The maximum atomic E-state index is 12.2. The molecule has 3 heterocycles. The highest BCUT2D eigenvalue weighted by Gasteiger charge is 2.35. The number of fused-ring (bicyclic) bond motifs is 2. The Hall–Kier alpha value is -0.910. The zero-order valence-electron chi connectivity index (χ0n) is 12.8. The number of rotatable bonds is 5. The molecule has 0 aromatic carbocycles. The number of nitrogens with one attached hydrogen (secondary N) is 2. The molecule has 2 N–H and O–H groups in total. The van der Waals surface area contributed by atoms with Crippen LogP contribution in [0.3, 0.4) is 0 Å². The Morgan fingerprint density at radius 1 is 1.48 bits per heavy atom. The maximum Gasteiger partial charge on any atom is 0.234 e. The average molecular weight is 307 g/mol. The van der Waals surface area contributed by atoms with Crippen molar-refractivity contribution in [3.63, 3.8) is 0 Å². The van der Waals surface area contributed by atoms with Gasteiger partial charge in [-0.05, 0) is 51.1 Å². The van der Waals surface area contributed by atoms with Gasteiger partial charge in [-0.2, -0.15) is 0 Å². The largest absolute Gasteiger partial charge is 0.348 e. The molecule has 0 spiro atoms. The van der Waals surface area contributed by atoms with E-state index in [1.54, 1.807) is 11.3 Å². The lowest BCUT2D eigenvalue weighted by Gasteiger charge is -2.35. The first-order chi connectivity index (χ1) is 10.1. The predicted molar refractivity (Wildman–Crippen MR) is 86.5 cm³/mol. The van der Waals surface area contributed by atoms with Crippen molar-refractivity contribution in [2.45, 2.75) is 56.8 Å². The second-order valence-electron chi connectivity index (χ2n) is 6.48. The number of thiophene rings is 1. The maximum absolute atomic E-state index is 12.2. The molecule has 2 bridgehead atoms. The van der Waals surface area contributed by atoms with Crippen LogP contribution in [0.1, 0.15) is 43.5 Å². The van der Waals surface area contributed by atoms with Crippen LogP contribution in [0, 0.1) is 0 Å². The Kier molecular flexibility index (Phi) is 4.62. The van der Waals surface area contributed by atoms with Crippen molar-refractivity contribution in [1.82, 2.24) is 15.5 Å². The molecule has 2 saturated heterocycles. The Morgan fingerprint density at radius 2 is 2.19 bits per heavy atom. The van der Waals surface area contributed by atoms with Gasteiger partial charge >= 0.3 is 0 Å². The smallest absolute Gasteiger partial charge is 0.234 e. The van der Waals surface area contributed by atoms with Crippen LogP contribution < -0.4 is 10.6 Å². The van der Waals surface area contributed by atoms with Gasteiger partial charge in [-0.25, -0.2) is 0 Å². The standard InChI is InChI=1S/C16H25N3OS/c1-11(15-4-3-7-21-15)17-16(20)10-19(2)14-8-12-5-6-13(9-14)18-12/h3-4,7,11-14,18H,5-6,8-10H2,1-2H3,(H,17,20). The zero-order valence-corrected chi connectivity index (χ0v) is 13.7. The Balaban J connectivity index is 1.48. The summed E-state index contributed by atoms with van der Waals surface area (Å²) in [6.45, 7) is 2.55. The Labute approximate surface area is 130 Å². The molecule has 2 aliphatic heterocycles. The fraction of sp³-hybridized carbons (Fsp3) is 0.688. The summed E-state index contributed by atoms with van der Waals surface area (Å²) >= 11 is 1.69. The molecule has 3 rings (SSSR count). The Morgan fingerprint density at radius 3 is 2.81 bits per heavy atom. The summed E-state index contributed by atoms with van der Waals surface area (Å²) in [4.78, 5) is 15.7. The molecule has 2 fully saturated rings. The molecule has 0 radical (unpaired) electrons. The van der Waals surface area contributed by atoms with Gasteiger partial charge < -0.3 is 10.6 Å². The first-order valence-electron chi connectivity index (χ1n) is 7.91. The number of nitrogens with zero attached hydrogens (tertiary/aromatic N) is 1. The first kappa shape index (κ1) is 15.0. The van der Waals surface area contributed by atoms with Crippen LogP contribution in [0.25, 0.3) is 0 Å². The summed E-state index contributed by atoms with van der Waals surface area (Å²) < 4.78 is 0. The van der Waals surface area contributed by atoms with E-state index in [2.05, 4.69) is 41.0 Å². The summed E-state index contributed by atoms with van der Waals surface area (Å²) in [6.07, 6.45) is 4.97. The zero-order chi connectivity index (χ0) is 14.8. The molecule has 21 heavy (non-hydrogen) atoms. The van der Waals surface area contributed by atoms with E-state index in [4.69, 9.17) is 0 Å². The van der Waals surface area contributed by atoms with Crippen molar-refractivity contribution >= 4 is 17.2 Å². The van der Waals surface area contributed by atoms with Gasteiger partial charge in [0.2, 0.25) is 5.91 Å². The van der Waals surface area contributed by atoms with E-state index in [9.17, 15) is 4.79 Å². The van der Waals surface area contributed by atoms with Crippen LogP contribution in [0.5, 0.6) is 0 Å². The van der Waals surface area contributed by atoms with Crippen molar-refractivity contribution in [2.75, 3.05) is 13.6 Å². The SMILES string of the molecule is CC(NC(=O)CN(C)C1CC2CCC(C1)N2)c1cccs1. The fourth-order valence-electron chi connectivity index (χ4n) is 3.64. The van der Waals surface area contributed by atoms with Gasteiger partial charge in [0.25, 0.3) is 0 Å². The number of carbonyl (C=O) groups is 1. The molecule has 1 amide bonds. The van der Waals surface area contributed by atoms with Crippen molar-refractivity contribution in [2.24, 2.45) is 0 Å². The minimum atomic E-state index is 0.107. The second kappa shape index (κ2) is 6.46. The number of carbonyl (C=O) groups excluding carboxylic acids is 1. The number of hydrogen-bond acceptors (Lipinski definition) is 4. The molecule has 5 heteroatoms. The van der Waals surface area contributed by atoms with Crippen LogP contribution in [0.4, 0.5) is 0 Å². The summed E-state index contributed by atoms with van der Waals surface area (Å²) in [6, 6.07) is 6.10. The highest BCUT2D eigenvalue weighted by atomic mass is 32.1. The van der Waals surface area contributed by atoms with Crippen LogP contribution in [0.15, 0.2) is 17.5 Å². The molecule has 0 aliphatic carbocycles. The molecule has 3 atom stereocenters. The first-order valence-corrected chi connectivity index (χ1v) is 8.79. The molecule has 4 nitrogen and oxygen atoms in total. The lowest BCUT2D eigenvalue weighted by molar-refractivity contribution is -0.123. The van der Waals surface area contributed by atoms with Crippen LogP contribution in [0.2, 0.25) is 0 Å². The monoisotopic (exact) mass is 307 g/mol. The highest BCUT2D eigenvalue weighted by molar-refractivity contribution is 7.10. The molecule has 116 valence electrons. The van der Waals surface area contributed by atoms with Gasteiger partial charge in [0.1, 0.15) is 0 Å². The minimum Gasteiger partial charge on any atom is -0.348 e. The third-order valence-electron chi connectivity index (χ3n) is 4.81. The number of amides is 1. The lowest BCUT2D eigenvalue weighted by atomic mass is 9.98. The van der Waals surface area contributed by atoms with Crippen molar-refractivity contribution in [1.29, 1.82) is 0 Å². The quantitative estimate of drug-likeness (QED) is 0.876. The summed E-state index contributed by atoms with van der Waals surface area (Å²) in [5.41, 5.74) is 0. The van der Waals surface area contributed by atoms with Gasteiger partial charge in [-0.1, -0.05) is 6.07 Å². The number of hydrogen-bond donors (Lipinski definition) is 2. The summed E-state index contributed by atoms with van der Waals surface area (Å²) in [5.74, 6) is 0.129. The van der Waals surface area contributed by atoms with Crippen molar-refractivity contribution in [3.05, 3.63) is 22.4 Å². The van der Waals surface area contributed by atoms with E-state index in [1.165, 1.54) is 30.6 Å². The van der Waals surface area contributed by atoms with E-state index in [0.717, 1.165) is 0 Å². The van der Waals surface area contributed by atoms with Crippen LogP contribution >= 0.6 is 11.3 Å². The van der Waals surface area contributed by atoms with Gasteiger partial charge in [-0.3, -0.25) is 9.69 Å². The third-order valence-corrected chi connectivity index (χ3v) is 5.87. The summed E-state index contributed by atoms with van der Waals surface area (Å²) in [7, 11) is 2.09. The molecular formula is C16H25N3OS. The van der Waals surface area contributed by atoms with Gasteiger partial charge in [0, 0.05) is 23.0 Å². The predicted octanol–water partition coefficient (Wildman–Crippen LogP) is 2.14. The minimum absolute atomic E-state index is 0.107. The average Bonchev–Trinajstić information content (AvgIpc) is 3.08. The van der Waals surface area contributed by atoms with Gasteiger partial charge in [-0.15, -0.1) is 11.3 Å². The van der Waals surface area contributed by atoms with Gasteiger partial charge in [0.15, 0.2) is 0 Å². The van der Waals surface area contributed by atoms with Crippen molar-refractivity contribution in [3.8, 4) is 0 Å². The topological polar surface area (TPSA) is 44.4 Å². The van der Waals surface area contributed by atoms with Gasteiger partial charge in [0.05, 0.1) is 12.6 Å². The van der Waals surface area contributed by atoms with E-state index >= 15 is 0 Å². The third kappa shape index (κ3) is 3.65. The van der Waals surface area contributed by atoms with Crippen LogP contribution in [-0.2, 0) is 4.79 Å². The fourth-order valence-corrected chi connectivity index (χ4v) is 4.37. The second-order valence-corrected chi connectivity index (χ2v) is 7.46.